The van der Waals surface area contributed by atoms with Crippen LogP contribution in [0.2, 0.25) is 0 Å². The standard InChI is InChI=1S/C16H25NO/c1-4-10-17-16(13-6-5-7-13)14-9-8-12(2)11-15(14)18-3/h8-9,11,13,16-17H,4-7,10H2,1-3H3. The van der Waals surface area contributed by atoms with Crippen molar-refractivity contribution in [2.24, 2.45) is 5.92 Å². The quantitative estimate of drug-likeness (QED) is 0.824. The zero-order valence-electron chi connectivity index (χ0n) is 11.8. The molecule has 0 amide bonds. The SMILES string of the molecule is CCCNC(c1ccc(C)cc1OC)C1CCC1. The van der Waals surface area contributed by atoms with Gasteiger partial charge in [0.25, 0.3) is 0 Å². The van der Waals surface area contributed by atoms with Crippen molar-refractivity contribution in [3.63, 3.8) is 0 Å². The number of rotatable bonds is 6. The Balaban J connectivity index is 2.22. The second kappa shape index (κ2) is 6.24. The van der Waals surface area contributed by atoms with Gasteiger partial charge >= 0.3 is 0 Å². The lowest BCUT2D eigenvalue weighted by atomic mass is 9.77. The van der Waals surface area contributed by atoms with Crippen LogP contribution in [0.25, 0.3) is 0 Å². The molecule has 1 N–H and O–H groups in total. The summed E-state index contributed by atoms with van der Waals surface area (Å²) in [5, 5.41) is 3.70. The first kappa shape index (κ1) is 13.4. The Morgan fingerprint density at radius 1 is 1.39 bits per heavy atom. The highest BCUT2D eigenvalue weighted by Crippen LogP contribution is 2.40. The third kappa shape index (κ3) is 2.86. The van der Waals surface area contributed by atoms with Gasteiger partial charge in [0.05, 0.1) is 7.11 Å². The van der Waals surface area contributed by atoms with Crippen molar-refractivity contribution in [1.29, 1.82) is 0 Å². The van der Waals surface area contributed by atoms with E-state index >= 15 is 0 Å². The van der Waals surface area contributed by atoms with Crippen molar-refractivity contribution in [3.05, 3.63) is 29.3 Å². The maximum Gasteiger partial charge on any atom is 0.123 e. The minimum absolute atomic E-state index is 0.467. The Hall–Kier alpha value is -1.02. The molecule has 1 aliphatic carbocycles. The summed E-state index contributed by atoms with van der Waals surface area (Å²) in [5.41, 5.74) is 2.60. The number of ether oxygens (including phenoxy) is 1. The predicted octanol–water partition coefficient (Wildman–Crippen LogP) is 3.84. The minimum Gasteiger partial charge on any atom is -0.496 e. The van der Waals surface area contributed by atoms with Crippen LogP contribution in [0.3, 0.4) is 0 Å². The monoisotopic (exact) mass is 247 g/mol. The molecule has 1 aromatic carbocycles. The summed E-state index contributed by atoms with van der Waals surface area (Å²) in [6.07, 6.45) is 5.25. The van der Waals surface area contributed by atoms with Crippen LogP contribution in [0.4, 0.5) is 0 Å². The average molecular weight is 247 g/mol. The van der Waals surface area contributed by atoms with Crippen LogP contribution in [-0.4, -0.2) is 13.7 Å². The van der Waals surface area contributed by atoms with Gasteiger partial charge < -0.3 is 10.1 Å². The molecule has 2 rings (SSSR count). The van der Waals surface area contributed by atoms with E-state index < -0.39 is 0 Å². The minimum atomic E-state index is 0.467. The van der Waals surface area contributed by atoms with Gasteiger partial charge in [0.15, 0.2) is 0 Å². The predicted molar refractivity (Wildman–Crippen MR) is 76.1 cm³/mol. The second-order valence-electron chi connectivity index (χ2n) is 5.37. The van der Waals surface area contributed by atoms with Crippen molar-refractivity contribution >= 4 is 0 Å². The molecule has 0 spiro atoms. The van der Waals surface area contributed by atoms with Gasteiger partial charge in [-0.3, -0.25) is 0 Å². The van der Waals surface area contributed by atoms with Gasteiger partial charge in [-0.2, -0.15) is 0 Å². The number of aryl methyl sites for hydroxylation is 1. The van der Waals surface area contributed by atoms with E-state index in [0.717, 1.165) is 18.2 Å². The van der Waals surface area contributed by atoms with Crippen LogP contribution >= 0.6 is 0 Å². The molecule has 0 radical (unpaired) electrons. The van der Waals surface area contributed by atoms with Crippen LogP contribution in [0.5, 0.6) is 5.75 Å². The summed E-state index contributed by atoms with van der Waals surface area (Å²) in [6, 6.07) is 7.04. The summed E-state index contributed by atoms with van der Waals surface area (Å²) in [7, 11) is 1.77. The Kier molecular flexibility index (Phi) is 4.65. The van der Waals surface area contributed by atoms with Crippen LogP contribution in [0.15, 0.2) is 18.2 Å². The topological polar surface area (TPSA) is 21.3 Å². The lowest BCUT2D eigenvalue weighted by Crippen LogP contribution is -2.33. The zero-order valence-corrected chi connectivity index (χ0v) is 11.8. The van der Waals surface area contributed by atoms with Crippen molar-refractivity contribution in [2.75, 3.05) is 13.7 Å². The van der Waals surface area contributed by atoms with Gasteiger partial charge in [-0.15, -0.1) is 0 Å². The Labute approximate surface area is 111 Å². The summed E-state index contributed by atoms with van der Waals surface area (Å²) >= 11 is 0. The molecule has 1 aromatic rings. The molecular weight excluding hydrogens is 222 g/mol. The summed E-state index contributed by atoms with van der Waals surface area (Å²) in [6.45, 7) is 5.42. The number of nitrogens with one attached hydrogen (secondary N) is 1. The van der Waals surface area contributed by atoms with E-state index in [4.69, 9.17) is 4.74 Å². The van der Waals surface area contributed by atoms with Gasteiger partial charge in [0, 0.05) is 11.6 Å². The first-order valence-corrected chi connectivity index (χ1v) is 7.14. The summed E-state index contributed by atoms with van der Waals surface area (Å²) in [5.74, 6) is 1.82. The highest BCUT2D eigenvalue weighted by molar-refractivity contribution is 5.39. The molecule has 100 valence electrons. The average Bonchev–Trinajstić information content (AvgIpc) is 2.32. The fourth-order valence-electron chi connectivity index (χ4n) is 2.68. The fourth-order valence-corrected chi connectivity index (χ4v) is 2.68. The van der Waals surface area contributed by atoms with Crippen molar-refractivity contribution in [1.82, 2.24) is 5.32 Å². The molecule has 2 heteroatoms. The summed E-state index contributed by atoms with van der Waals surface area (Å²) in [4.78, 5) is 0. The zero-order chi connectivity index (χ0) is 13.0. The Morgan fingerprint density at radius 2 is 2.17 bits per heavy atom. The van der Waals surface area contributed by atoms with E-state index in [9.17, 15) is 0 Å². The highest BCUT2D eigenvalue weighted by atomic mass is 16.5. The third-order valence-corrected chi connectivity index (χ3v) is 3.96. The molecular formula is C16H25NO. The first-order chi connectivity index (χ1) is 8.76. The van der Waals surface area contributed by atoms with Crippen molar-refractivity contribution in [2.45, 2.75) is 45.6 Å². The molecule has 0 saturated heterocycles. The van der Waals surface area contributed by atoms with Gasteiger partial charge in [-0.25, -0.2) is 0 Å². The van der Waals surface area contributed by atoms with E-state index in [1.807, 2.05) is 0 Å². The number of benzene rings is 1. The van der Waals surface area contributed by atoms with Crippen molar-refractivity contribution in [3.8, 4) is 5.75 Å². The Bertz CT molecular complexity index is 385. The molecule has 0 aliphatic heterocycles. The molecule has 0 heterocycles. The summed E-state index contributed by atoms with van der Waals surface area (Å²) < 4.78 is 5.57. The van der Waals surface area contributed by atoms with E-state index in [-0.39, 0.29) is 0 Å². The molecule has 0 bridgehead atoms. The van der Waals surface area contributed by atoms with Gasteiger partial charge in [-0.1, -0.05) is 25.5 Å². The molecule has 2 nitrogen and oxygen atoms in total. The normalized spacial score (nSPS) is 17.3. The second-order valence-corrected chi connectivity index (χ2v) is 5.37. The van der Waals surface area contributed by atoms with E-state index in [0.29, 0.717) is 6.04 Å². The van der Waals surface area contributed by atoms with Crippen LogP contribution in [0, 0.1) is 12.8 Å². The molecule has 0 aromatic heterocycles. The lowest BCUT2D eigenvalue weighted by Gasteiger charge is -2.35. The third-order valence-electron chi connectivity index (χ3n) is 3.96. The fraction of sp³-hybridized carbons (Fsp3) is 0.625. The molecule has 1 saturated carbocycles. The van der Waals surface area contributed by atoms with Gasteiger partial charge in [-0.05, 0) is 50.3 Å². The van der Waals surface area contributed by atoms with Crippen LogP contribution < -0.4 is 10.1 Å². The van der Waals surface area contributed by atoms with E-state index in [1.54, 1.807) is 7.11 Å². The van der Waals surface area contributed by atoms with E-state index in [1.165, 1.54) is 36.8 Å². The number of hydrogen-bond acceptors (Lipinski definition) is 2. The van der Waals surface area contributed by atoms with Crippen LogP contribution in [0.1, 0.15) is 49.8 Å². The maximum atomic E-state index is 5.57. The molecule has 1 fully saturated rings. The number of methoxy groups -OCH3 is 1. The smallest absolute Gasteiger partial charge is 0.123 e. The first-order valence-electron chi connectivity index (χ1n) is 7.14. The largest absolute Gasteiger partial charge is 0.496 e. The van der Waals surface area contributed by atoms with Gasteiger partial charge in [0.1, 0.15) is 5.75 Å². The molecule has 1 atom stereocenters. The lowest BCUT2D eigenvalue weighted by molar-refractivity contribution is 0.227. The molecule has 1 unspecified atom stereocenters. The van der Waals surface area contributed by atoms with E-state index in [2.05, 4.69) is 37.4 Å². The van der Waals surface area contributed by atoms with Gasteiger partial charge in [0.2, 0.25) is 0 Å². The number of hydrogen-bond donors (Lipinski definition) is 1. The molecule has 18 heavy (non-hydrogen) atoms. The van der Waals surface area contributed by atoms with Crippen LogP contribution in [-0.2, 0) is 0 Å². The Morgan fingerprint density at radius 3 is 2.72 bits per heavy atom. The van der Waals surface area contributed by atoms with Crippen molar-refractivity contribution < 1.29 is 4.74 Å². The highest BCUT2D eigenvalue weighted by Gasteiger charge is 2.29. The maximum absolute atomic E-state index is 5.57. The molecule has 1 aliphatic rings.